The number of amides is 1. The number of hydrogen-bond donors (Lipinski definition) is 1. The maximum atomic E-state index is 11.9. The molecule has 4 heteroatoms. The van der Waals surface area contributed by atoms with E-state index < -0.39 is 0 Å². The summed E-state index contributed by atoms with van der Waals surface area (Å²) in [6.07, 6.45) is 3.93. The first-order valence-corrected chi connectivity index (χ1v) is 6.43. The normalized spacial score (nSPS) is 10.7. The Labute approximate surface area is 114 Å². The molecule has 0 aliphatic carbocycles. The average molecular weight is 263 g/mol. The van der Waals surface area contributed by atoms with E-state index in [0.29, 0.717) is 19.5 Å². The van der Waals surface area contributed by atoms with Crippen LogP contribution >= 0.6 is 0 Å². The minimum Gasteiger partial charge on any atom is -0.497 e. The number of aliphatic hydroxyl groups excluding tert-OH is 1. The molecule has 0 saturated carbocycles. The van der Waals surface area contributed by atoms with Crippen molar-refractivity contribution in [3.05, 3.63) is 35.9 Å². The number of benzene rings is 1. The smallest absolute Gasteiger partial charge is 0.246 e. The summed E-state index contributed by atoms with van der Waals surface area (Å²) < 4.78 is 5.13. The molecule has 0 bridgehead atoms. The Morgan fingerprint density at radius 1 is 1.47 bits per heavy atom. The highest BCUT2D eigenvalue weighted by atomic mass is 16.5. The quantitative estimate of drug-likeness (QED) is 0.765. The molecule has 0 aliphatic heterocycles. The molecule has 0 spiro atoms. The second-order valence-corrected chi connectivity index (χ2v) is 4.11. The molecule has 0 heterocycles. The molecule has 1 rings (SSSR count). The molecule has 0 unspecified atom stereocenters. The molecule has 1 amide bonds. The Bertz CT molecular complexity index is 429. The van der Waals surface area contributed by atoms with Crippen molar-refractivity contribution in [2.24, 2.45) is 0 Å². The van der Waals surface area contributed by atoms with Gasteiger partial charge in [0.25, 0.3) is 0 Å². The second kappa shape index (κ2) is 8.32. The third-order valence-corrected chi connectivity index (χ3v) is 2.79. The molecule has 4 nitrogen and oxygen atoms in total. The summed E-state index contributed by atoms with van der Waals surface area (Å²) in [4.78, 5) is 13.6. The Balaban J connectivity index is 2.65. The first kappa shape index (κ1) is 15.2. The Morgan fingerprint density at radius 2 is 2.26 bits per heavy atom. The summed E-state index contributed by atoms with van der Waals surface area (Å²) in [5.74, 6) is 0.723. The van der Waals surface area contributed by atoms with Crippen LogP contribution in [0.25, 0.3) is 6.08 Å². The van der Waals surface area contributed by atoms with Gasteiger partial charge in [0.1, 0.15) is 5.75 Å². The topological polar surface area (TPSA) is 49.8 Å². The van der Waals surface area contributed by atoms with Gasteiger partial charge in [-0.1, -0.05) is 12.1 Å². The Hall–Kier alpha value is -1.81. The molecule has 0 saturated heterocycles. The molecule has 0 atom stereocenters. The molecule has 104 valence electrons. The van der Waals surface area contributed by atoms with Gasteiger partial charge in [0.05, 0.1) is 7.11 Å². The van der Waals surface area contributed by atoms with E-state index in [9.17, 15) is 4.79 Å². The van der Waals surface area contributed by atoms with Crippen molar-refractivity contribution in [1.29, 1.82) is 0 Å². The highest BCUT2D eigenvalue weighted by Gasteiger charge is 2.07. The zero-order chi connectivity index (χ0) is 14.1. The van der Waals surface area contributed by atoms with Gasteiger partial charge in [0.2, 0.25) is 5.91 Å². The van der Waals surface area contributed by atoms with Crippen molar-refractivity contribution in [3.8, 4) is 5.75 Å². The second-order valence-electron chi connectivity index (χ2n) is 4.11. The van der Waals surface area contributed by atoms with Gasteiger partial charge in [-0.15, -0.1) is 0 Å². The monoisotopic (exact) mass is 263 g/mol. The lowest BCUT2D eigenvalue weighted by molar-refractivity contribution is -0.125. The Morgan fingerprint density at radius 3 is 2.89 bits per heavy atom. The van der Waals surface area contributed by atoms with Crippen molar-refractivity contribution in [2.75, 3.05) is 26.8 Å². The maximum absolute atomic E-state index is 11.9. The molecule has 1 aromatic rings. The summed E-state index contributed by atoms with van der Waals surface area (Å²) in [6, 6.07) is 7.52. The van der Waals surface area contributed by atoms with Gasteiger partial charge in [-0.05, 0) is 37.1 Å². The summed E-state index contributed by atoms with van der Waals surface area (Å²) in [5, 5.41) is 8.79. The van der Waals surface area contributed by atoms with Crippen molar-refractivity contribution >= 4 is 12.0 Å². The number of aliphatic hydroxyl groups is 1. The van der Waals surface area contributed by atoms with E-state index >= 15 is 0 Å². The predicted octanol–water partition coefficient (Wildman–Crippen LogP) is 1.94. The van der Waals surface area contributed by atoms with E-state index in [0.717, 1.165) is 11.3 Å². The summed E-state index contributed by atoms with van der Waals surface area (Å²) in [6.45, 7) is 3.24. The number of nitrogens with zero attached hydrogens (tertiary/aromatic N) is 1. The maximum Gasteiger partial charge on any atom is 0.246 e. The van der Waals surface area contributed by atoms with Gasteiger partial charge in [0.15, 0.2) is 0 Å². The van der Waals surface area contributed by atoms with Crippen molar-refractivity contribution in [3.63, 3.8) is 0 Å². The first-order chi connectivity index (χ1) is 9.21. The van der Waals surface area contributed by atoms with Crippen LogP contribution in [0.15, 0.2) is 30.3 Å². The fraction of sp³-hybridized carbons (Fsp3) is 0.400. The number of likely N-dealkylation sites (N-methyl/N-ethyl adjacent to an activating group) is 1. The van der Waals surface area contributed by atoms with E-state index in [2.05, 4.69) is 0 Å². The largest absolute Gasteiger partial charge is 0.497 e. The van der Waals surface area contributed by atoms with E-state index in [1.54, 1.807) is 24.2 Å². The van der Waals surface area contributed by atoms with Gasteiger partial charge >= 0.3 is 0 Å². The van der Waals surface area contributed by atoms with Crippen LogP contribution in [0.3, 0.4) is 0 Å². The van der Waals surface area contributed by atoms with E-state index in [-0.39, 0.29) is 12.5 Å². The summed E-state index contributed by atoms with van der Waals surface area (Å²) in [5.41, 5.74) is 0.922. The van der Waals surface area contributed by atoms with Crippen LogP contribution in [0.5, 0.6) is 5.75 Å². The van der Waals surface area contributed by atoms with Crippen LogP contribution < -0.4 is 4.74 Å². The fourth-order valence-electron chi connectivity index (χ4n) is 1.70. The zero-order valence-corrected chi connectivity index (χ0v) is 11.5. The van der Waals surface area contributed by atoms with Crippen LogP contribution in [0.2, 0.25) is 0 Å². The number of rotatable bonds is 7. The molecular weight excluding hydrogens is 242 g/mol. The number of ether oxygens (including phenoxy) is 1. The third-order valence-electron chi connectivity index (χ3n) is 2.79. The lowest BCUT2D eigenvalue weighted by Crippen LogP contribution is -2.30. The minimum atomic E-state index is -0.0428. The lowest BCUT2D eigenvalue weighted by atomic mass is 10.2. The molecule has 1 N–H and O–H groups in total. The highest BCUT2D eigenvalue weighted by Crippen LogP contribution is 2.13. The SMILES string of the molecule is CCN(CCCO)C(=O)/C=C/c1cccc(OC)c1. The van der Waals surface area contributed by atoms with Crippen LogP contribution in [-0.4, -0.2) is 42.7 Å². The van der Waals surface area contributed by atoms with Gasteiger partial charge < -0.3 is 14.7 Å². The van der Waals surface area contributed by atoms with Gasteiger partial charge in [-0.3, -0.25) is 4.79 Å². The summed E-state index contributed by atoms with van der Waals surface area (Å²) >= 11 is 0. The minimum absolute atomic E-state index is 0.0428. The molecule has 0 radical (unpaired) electrons. The lowest BCUT2D eigenvalue weighted by Gasteiger charge is -2.18. The predicted molar refractivity (Wildman–Crippen MR) is 76.0 cm³/mol. The van der Waals surface area contributed by atoms with Crippen LogP contribution in [-0.2, 0) is 4.79 Å². The zero-order valence-electron chi connectivity index (χ0n) is 11.5. The highest BCUT2D eigenvalue weighted by molar-refractivity contribution is 5.91. The molecule has 0 fully saturated rings. The van der Waals surface area contributed by atoms with E-state index in [4.69, 9.17) is 9.84 Å². The van der Waals surface area contributed by atoms with Crippen LogP contribution in [0, 0.1) is 0 Å². The van der Waals surface area contributed by atoms with Crippen molar-refractivity contribution < 1.29 is 14.6 Å². The molecule has 0 aromatic heterocycles. The van der Waals surface area contributed by atoms with E-state index in [1.165, 1.54) is 0 Å². The fourth-order valence-corrected chi connectivity index (χ4v) is 1.70. The molecule has 1 aromatic carbocycles. The molecular formula is C15H21NO3. The average Bonchev–Trinajstić information content (AvgIpc) is 2.46. The number of carbonyl (C=O) groups excluding carboxylic acids is 1. The number of hydrogen-bond acceptors (Lipinski definition) is 3. The molecule has 19 heavy (non-hydrogen) atoms. The standard InChI is InChI=1S/C15H21NO3/c1-3-16(10-5-11-17)15(18)9-8-13-6-4-7-14(12-13)19-2/h4,6-9,12,17H,3,5,10-11H2,1-2H3/b9-8+. The molecule has 0 aliphatic rings. The third kappa shape index (κ3) is 5.14. The van der Waals surface area contributed by atoms with Crippen molar-refractivity contribution in [2.45, 2.75) is 13.3 Å². The summed E-state index contributed by atoms with van der Waals surface area (Å²) in [7, 11) is 1.61. The van der Waals surface area contributed by atoms with E-state index in [1.807, 2.05) is 31.2 Å². The number of methoxy groups -OCH3 is 1. The van der Waals surface area contributed by atoms with Gasteiger partial charge in [-0.25, -0.2) is 0 Å². The van der Waals surface area contributed by atoms with Gasteiger partial charge in [0, 0.05) is 25.8 Å². The number of carbonyl (C=O) groups is 1. The van der Waals surface area contributed by atoms with Crippen LogP contribution in [0.4, 0.5) is 0 Å². The Kier molecular flexibility index (Phi) is 6.68. The first-order valence-electron chi connectivity index (χ1n) is 6.43. The van der Waals surface area contributed by atoms with Crippen LogP contribution in [0.1, 0.15) is 18.9 Å². The van der Waals surface area contributed by atoms with Crippen molar-refractivity contribution in [1.82, 2.24) is 4.90 Å². The van der Waals surface area contributed by atoms with Gasteiger partial charge in [-0.2, -0.15) is 0 Å².